The Morgan fingerprint density at radius 1 is 0.871 bits per heavy atom. The SMILES string of the molecule is Cc1cc(Cl)c(CCO)cc1N.Cc1cc(Cl)c(CCO[Si](C)(C)C(C)(C)C)cc1N. The summed E-state index contributed by atoms with van der Waals surface area (Å²) in [6.07, 6.45) is 1.37. The van der Waals surface area contributed by atoms with Gasteiger partial charge in [-0.25, -0.2) is 0 Å². The van der Waals surface area contributed by atoms with Gasteiger partial charge in [0, 0.05) is 34.6 Å². The Balaban J connectivity index is 0.000000343. The summed E-state index contributed by atoms with van der Waals surface area (Å²) in [5, 5.41) is 10.4. The minimum absolute atomic E-state index is 0.0994. The molecule has 7 heteroatoms. The molecule has 5 N–H and O–H groups in total. The van der Waals surface area contributed by atoms with Crippen LogP contribution < -0.4 is 11.5 Å². The van der Waals surface area contributed by atoms with Gasteiger partial charge in [-0.2, -0.15) is 0 Å². The van der Waals surface area contributed by atoms with Crippen LogP contribution in [0.5, 0.6) is 0 Å². The number of anilines is 2. The van der Waals surface area contributed by atoms with Crippen LogP contribution in [0.4, 0.5) is 11.4 Å². The maximum absolute atomic E-state index is 8.70. The van der Waals surface area contributed by atoms with E-state index >= 15 is 0 Å². The molecule has 0 unspecified atom stereocenters. The number of nitrogens with two attached hydrogens (primary N) is 2. The van der Waals surface area contributed by atoms with Crippen molar-refractivity contribution >= 4 is 42.9 Å². The first-order chi connectivity index (χ1) is 14.2. The number of aliphatic hydroxyl groups excluding tert-OH is 1. The molecule has 0 heterocycles. The van der Waals surface area contributed by atoms with E-state index in [1.54, 1.807) is 0 Å². The number of nitrogen functional groups attached to an aromatic ring is 2. The van der Waals surface area contributed by atoms with Crippen LogP contribution in [0.2, 0.25) is 28.2 Å². The summed E-state index contributed by atoms with van der Waals surface area (Å²) < 4.78 is 6.16. The number of halogens is 2. The highest BCUT2D eigenvalue weighted by Crippen LogP contribution is 2.36. The first kappa shape index (κ1) is 27.8. The van der Waals surface area contributed by atoms with E-state index in [1.165, 1.54) is 0 Å². The molecule has 174 valence electrons. The zero-order chi connectivity index (χ0) is 24.0. The topological polar surface area (TPSA) is 81.5 Å². The van der Waals surface area contributed by atoms with Crippen molar-refractivity contribution in [2.75, 3.05) is 24.7 Å². The van der Waals surface area contributed by atoms with Crippen molar-refractivity contribution in [1.82, 2.24) is 0 Å². The molecule has 0 radical (unpaired) electrons. The van der Waals surface area contributed by atoms with Crippen LogP contribution in [0.3, 0.4) is 0 Å². The predicted molar refractivity (Wildman–Crippen MR) is 139 cm³/mol. The van der Waals surface area contributed by atoms with Crippen LogP contribution in [0, 0.1) is 13.8 Å². The van der Waals surface area contributed by atoms with Crippen molar-refractivity contribution in [3.8, 4) is 0 Å². The zero-order valence-corrected chi connectivity index (χ0v) is 22.4. The molecular weight excluding hydrogens is 447 g/mol. The van der Waals surface area contributed by atoms with E-state index in [2.05, 4.69) is 33.9 Å². The third kappa shape index (κ3) is 8.32. The molecule has 0 saturated carbocycles. The fourth-order valence-electron chi connectivity index (χ4n) is 2.61. The summed E-state index contributed by atoms with van der Waals surface area (Å²) in [6.45, 7) is 15.9. The molecule has 4 nitrogen and oxygen atoms in total. The van der Waals surface area contributed by atoms with E-state index in [4.69, 9.17) is 44.2 Å². The zero-order valence-electron chi connectivity index (χ0n) is 19.9. The lowest BCUT2D eigenvalue weighted by Gasteiger charge is -2.36. The van der Waals surface area contributed by atoms with Gasteiger partial charge in [0.1, 0.15) is 0 Å². The largest absolute Gasteiger partial charge is 0.416 e. The number of benzene rings is 2. The predicted octanol–water partition coefficient (Wildman–Crippen LogP) is 6.56. The van der Waals surface area contributed by atoms with Gasteiger partial charge < -0.3 is 21.0 Å². The highest BCUT2D eigenvalue weighted by atomic mass is 35.5. The van der Waals surface area contributed by atoms with Crippen molar-refractivity contribution in [3.05, 3.63) is 56.6 Å². The van der Waals surface area contributed by atoms with E-state index in [0.29, 0.717) is 18.1 Å². The lowest BCUT2D eigenvalue weighted by Crippen LogP contribution is -2.41. The number of aliphatic hydroxyl groups is 1. The Bertz CT molecular complexity index is 881. The second kappa shape index (κ2) is 11.6. The van der Waals surface area contributed by atoms with Crippen LogP contribution in [-0.4, -0.2) is 26.6 Å². The first-order valence-corrected chi connectivity index (χ1v) is 14.2. The first-order valence-electron chi connectivity index (χ1n) is 10.5. The maximum atomic E-state index is 8.70. The van der Waals surface area contributed by atoms with Crippen LogP contribution in [0.25, 0.3) is 0 Å². The maximum Gasteiger partial charge on any atom is 0.191 e. The summed E-state index contributed by atoms with van der Waals surface area (Å²) in [4.78, 5) is 0. The molecule has 0 aliphatic heterocycles. The van der Waals surface area contributed by atoms with Crippen molar-refractivity contribution in [2.24, 2.45) is 0 Å². The third-order valence-corrected chi connectivity index (χ3v) is 11.1. The van der Waals surface area contributed by atoms with Crippen LogP contribution in [0.1, 0.15) is 43.0 Å². The molecule has 2 aromatic carbocycles. The molecule has 0 aliphatic carbocycles. The number of hydrogen-bond donors (Lipinski definition) is 3. The van der Waals surface area contributed by atoms with Gasteiger partial charge in [0.15, 0.2) is 8.32 Å². The normalized spacial score (nSPS) is 11.8. The minimum Gasteiger partial charge on any atom is -0.416 e. The molecule has 0 saturated heterocycles. The van der Waals surface area contributed by atoms with E-state index in [1.807, 2.05) is 38.1 Å². The fourth-order valence-corrected chi connectivity index (χ4v) is 4.28. The van der Waals surface area contributed by atoms with E-state index in [0.717, 1.165) is 45.1 Å². The lowest BCUT2D eigenvalue weighted by molar-refractivity contribution is 0.292. The van der Waals surface area contributed by atoms with Crippen molar-refractivity contribution in [1.29, 1.82) is 0 Å². The molecule has 2 aromatic rings. The molecule has 0 amide bonds. The molecule has 0 fully saturated rings. The van der Waals surface area contributed by atoms with E-state index in [-0.39, 0.29) is 11.6 Å². The van der Waals surface area contributed by atoms with Crippen molar-refractivity contribution in [3.63, 3.8) is 0 Å². The fraction of sp³-hybridized carbons (Fsp3) is 0.500. The summed E-state index contributed by atoms with van der Waals surface area (Å²) >= 11 is 12.2. The molecule has 0 spiro atoms. The van der Waals surface area contributed by atoms with Crippen molar-refractivity contribution in [2.45, 2.75) is 65.6 Å². The average Bonchev–Trinajstić information content (AvgIpc) is 2.63. The van der Waals surface area contributed by atoms with Gasteiger partial charge in [-0.15, -0.1) is 0 Å². The van der Waals surface area contributed by atoms with Gasteiger partial charge in [0.25, 0.3) is 0 Å². The van der Waals surface area contributed by atoms with Crippen LogP contribution in [-0.2, 0) is 17.3 Å². The Kier molecular flexibility index (Phi) is 10.4. The highest BCUT2D eigenvalue weighted by Gasteiger charge is 2.36. The van der Waals surface area contributed by atoms with Gasteiger partial charge in [0.2, 0.25) is 0 Å². The summed E-state index contributed by atoms with van der Waals surface area (Å²) in [6, 6.07) is 7.53. The van der Waals surface area contributed by atoms with E-state index in [9.17, 15) is 0 Å². The summed E-state index contributed by atoms with van der Waals surface area (Å²) in [5.41, 5.74) is 17.1. The number of hydrogen-bond acceptors (Lipinski definition) is 4. The quantitative estimate of drug-likeness (QED) is 0.320. The Labute approximate surface area is 199 Å². The van der Waals surface area contributed by atoms with Gasteiger partial charge in [-0.3, -0.25) is 0 Å². The monoisotopic (exact) mass is 484 g/mol. The highest BCUT2D eigenvalue weighted by molar-refractivity contribution is 6.74. The average molecular weight is 486 g/mol. The smallest absolute Gasteiger partial charge is 0.191 e. The molecule has 0 bridgehead atoms. The van der Waals surface area contributed by atoms with Crippen LogP contribution in [0.15, 0.2) is 24.3 Å². The second-order valence-electron chi connectivity index (χ2n) is 9.43. The molecule has 0 aromatic heterocycles. The molecule has 0 aliphatic rings. The Morgan fingerprint density at radius 3 is 1.68 bits per heavy atom. The number of rotatable bonds is 6. The van der Waals surface area contributed by atoms with E-state index < -0.39 is 8.32 Å². The molecular formula is C24H38Cl2N2O2Si. The summed E-state index contributed by atoms with van der Waals surface area (Å²) in [5.74, 6) is 0. The molecule has 31 heavy (non-hydrogen) atoms. The Hall–Kier alpha value is -1.24. The van der Waals surface area contributed by atoms with Gasteiger partial charge in [-0.1, -0.05) is 44.0 Å². The Morgan fingerprint density at radius 2 is 1.29 bits per heavy atom. The minimum atomic E-state index is -1.67. The van der Waals surface area contributed by atoms with Crippen molar-refractivity contribution < 1.29 is 9.53 Å². The summed E-state index contributed by atoms with van der Waals surface area (Å²) in [7, 11) is -1.67. The third-order valence-electron chi connectivity index (χ3n) is 5.89. The second-order valence-corrected chi connectivity index (χ2v) is 15.1. The van der Waals surface area contributed by atoms with Gasteiger partial charge >= 0.3 is 0 Å². The molecule has 0 atom stereocenters. The standard InChI is InChI=1S/C15H26ClNOSi.C9H12ClNO/c1-11-9-13(16)12(10-14(11)17)7-8-18-19(5,6)15(2,3)4;1-6-4-8(10)7(2-3-12)5-9(6)11/h9-10H,7-8,17H2,1-6H3;4-5,12H,2-3,11H2,1H3. The van der Waals surface area contributed by atoms with Gasteiger partial charge in [0.05, 0.1) is 0 Å². The van der Waals surface area contributed by atoms with Gasteiger partial charge in [-0.05, 0) is 91.3 Å². The number of aryl methyl sites for hydroxylation is 2. The van der Waals surface area contributed by atoms with Crippen LogP contribution >= 0.6 is 23.2 Å². The lowest BCUT2D eigenvalue weighted by atomic mass is 10.1. The molecule has 2 rings (SSSR count).